The average Bonchev–Trinajstić information content (AvgIpc) is 3.09. The van der Waals surface area contributed by atoms with Crippen LogP contribution in [0.5, 0.6) is 0 Å². The predicted octanol–water partition coefficient (Wildman–Crippen LogP) is -1.28. The number of rotatable bonds is 12. The van der Waals surface area contributed by atoms with Crippen molar-refractivity contribution in [3.63, 3.8) is 0 Å². The van der Waals surface area contributed by atoms with Gasteiger partial charge in [0, 0.05) is 13.0 Å². The number of nitrogens with one attached hydrogen (secondary N) is 1. The number of carboxylic acids is 1. The molecule has 0 aromatic heterocycles. The highest BCUT2D eigenvalue weighted by atomic mass is 16.4. The van der Waals surface area contributed by atoms with Crippen LogP contribution in [0.4, 0.5) is 4.79 Å². The Morgan fingerprint density at radius 2 is 1.71 bits per heavy atom. The molecule has 0 bridgehead atoms. The van der Waals surface area contributed by atoms with E-state index in [0.717, 1.165) is 5.56 Å². The van der Waals surface area contributed by atoms with Gasteiger partial charge < -0.3 is 40.3 Å². The van der Waals surface area contributed by atoms with Crippen LogP contribution in [-0.4, -0.2) is 97.3 Å². The molecular weight excluding hydrogens is 452 g/mol. The molecule has 2 rings (SSSR count). The van der Waals surface area contributed by atoms with E-state index < -0.39 is 48.6 Å². The molecule has 1 unspecified atom stereocenters. The number of aliphatic carboxylic acids is 1. The van der Waals surface area contributed by atoms with Crippen LogP contribution in [0.1, 0.15) is 38.2 Å². The molecule has 0 spiro atoms. The number of hydrogen-bond acceptors (Lipinski definition) is 9. The summed E-state index contributed by atoms with van der Waals surface area (Å²) < 4.78 is 0. The second-order valence-electron chi connectivity index (χ2n) is 7.70. The topological polar surface area (TPSA) is 205 Å². The third kappa shape index (κ3) is 7.05. The van der Waals surface area contributed by atoms with Gasteiger partial charge in [-0.3, -0.25) is 14.9 Å². The molecule has 12 heteroatoms. The molecule has 12 nitrogen and oxygen atoms in total. The van der Waals surface area contributed by atoms with Crippen molar-refractivity contribution >= 4 is 24.2 Å². The first-order valence-corrected chi connectivity index (χ1v) is 10.8. The summed E-state index contributed by atoms with van der Waals surface area (Å²) in [6.07, 6.45) is -5.29. The van der Waals surface area contributed by atoms with Crippen LogP contribution < -0.4 is 5.32 Å². The quantitative estimate of drug-likeness (QED) is 0.106. The minimum Gasteiger partial charge on any atom is -0.481 e. The van der Waals surface area contributed by atoms with Gasteiger partial charge in [0.2, 0.25) is 0 Å². The van der Waals surface area contributed by atoms with Crippen LogP contribution in [0.25, 0.3) is 0 Å². The molecule has 0 radical (unpaired) electrons. The fraction of sp³-hybridized carbons (Fsp3) is 0.545. The third-order valence-electron chi connectivity index (χ3n) is 5.51. The first-order valence-electron chi connectivity index (χ1n) is 10.8. The van der Waals surface area contributed by atoms with E-state index in [1.165, 1.54) is 4.90 Å². The summed E-state index contributed by atoms with van der Waals surface area (Å²) in [5.41, 5.74) is -0.222. The van der Waals surface area contributed by atoms with Crippen molar-refractivity contribution in [2.75, 3.05) is 13.2 Å². The van der Waals surface area contributed by atoms with Gasteiger partial charge in [0.1, 0.15) is 30.0 Å². The van der Waals surface area contributed by atoms with Gasteiger partial charge in [-0.2, -0.15) is 0 Å². The van der Waals surface area contributed by atoms with E-state index in [1.807, 2.05) is 37.3 Å². The molecule has 1 saturated heterocycles. The maximum atomic E-state index is 12.4. The van der Waals surface area contributed by atoms with Gasteiger partial charge >= 0.3 is 12.0 Å². The maximum Gasteiger partial charge on any atom is 0.325 e. The number of benzene rings is 1. The van der Waals surface area contributed by atoms with Crippen molar-refractivity contribution in [1.82, 2.24) is 10.2 Å². The van der Waals surface area contributed by atoms with Crippen molar-refractivity contribution in [2.45, 2.75) is 62.6 Å². The highest BCUT2D eigenvalue weighted by Gasteiger charge is 2.52. The van der Waals surface area contributed by atoms with E-state index in [1.54, 1.807) is 0 Å². The van der Waals surface area contributed by atoms with Crippen molar-refractivity contribution in [2.24, 2.45) is 0 Å². The molecule has 1 aromatic rings. The molecule has 1 aromatic carbocycles. The zero-order chi connectivity index (χ0) is 25.9. The van der Waals surface area contributed by atoms with Crippen LogP contribution >= 0.6 is 0 Å². The van der Waals surface area contributed by atoms with Crippen molar-refractivity contribution in [1.29, 1.82) is 0 Å². The fourth-order valence-electron chi connectivity index (χ4n) is 3.58. The molecule has 7 N–H and O–H groups in total. The van der Waals surface area contributed by atoms with E-state index in [9.17, 15) is 19.2 Å². The normalized spacial score (nSPS) is 21.1. The Hall–Kier alpha value is -2.90. The molecule has 190 valence electrons. The Morgan fingerprint density at radius 3 is 2.21 bits per heavy atom. The molecule has 1 aliphatic heterocycles. The van der Waals surface area contributed by atoms with Crippen LogP contribution in [0, 0.1) is 0 Å². The fourth-order valence-corrected chi connectivity index (χ4v) is 3.58. The van der Waals surface area contributed by atoms with Crippen molar-refractivity contribution < 1.29 is 49.8 Å². The van der Waals surface area contributed by atoms with E-state index >= 15 is 0 Å². The SMILES string of the molecule is CCC1(c2ccccc2)C(=O)NC(=O)N1CCCCC(=O)O.O=C[C@H](O)[C@@H](O)[C@H](O)[C@H](O)CO. The van der Waals surface area contributed by atoms with E-state index in [2.05, 4.69) is 5.32 Å². The predicted molar refractivity (Wildman–Crippen MR) is 117 cm³/mol. The second kappa shape index (κ2) is 13.7. The first kappa shape index (κ1) is 29.1. The number of imide groups is 1. The van der Waals surface area contributed by atoms with Crippen LogP contribution in [-0.2, 0) is 19.9 Å². The Balaban J connectivity index is 0.000000411. The first-order chi connectivity index (χ1) is 16.1. The van der Waals surface area contributed by atoms with Gasteiger partial charge in [0.25, 0.3) is 5.91 Å². The number of aldehydes is 1. The molecule has 1 aliphatic rings. The highest BCUT2D eigenvalue weighted by molar-refractivity contribution is 6.07. The Labute approximate surface area is 196 Å². The summed E-state index contributed by atoms with van der Waals surface area (Å²) >= 11 is 0. The summed E-state index contributed by atoms with van der Waals surface area (Å²) in [6.45, 7) is 1.47. The number of carbonyl (C=O) groups is 4. The lowest BCUT2D eigenvalue weighted by Crippen LogP contribution is -2.46. The zero-order valence-corrected chi connectivity index (χ0v) is 18.8. The second-order valence-corrected chi connectivity index (χ2v) is 7.70. The summed E-state index contributed by atoms with van der Waals surface area (Å²) in [4.78, 5) is 46.6. The summed E-state index contributed by atoms with van der Waals surface area (Å²) in [7, 11) is 0. The summed E-state index contributed by atoms with van der Waals surface area (Å²) in [6, 6.07) is 8.80. The molecule has 0 saturated carbocycles. The lowest BCUT2D eigenvalue weighted by atomic mass is 9.85. The maximum absolute atomic E-state index is 12.4. The average molecular weight is 485 g/mol. The number of hydrogen-bond donors (Lipinski definition) is 7. The number of unbranched alkanes of at least 4 members (excludes halogenated alkanes) is 1. The number of carbonyl (C=O) groups excluding carboxylic acids is 3. The number of nitrogens with zero attached hydrogens (tertiary/aromatic N) is 1. The lowest BCUT2D eigenvalue weighted by Gasteiger charge is -2.35. The van der Waals surface area contributed by atoms with Crippen LogP contribution in [0.15, 0.2) is 30.3 Å². The molecular formula is C22H32N2O10. The molecule has 34 heavy (non-hydrogen) atoms. The van der Waals surface area contributed by atoms with Crippen LogP contribution in [0.3, 0.4) is 0 Å². The Bertz CT molecular complexity index is 821. The van der Waals surface area contributed by atoms with E-state index in [0.29, 0.717) is 25.8 Å². The smallest absolute Gasteiger partial charge is 0.325 e. The number of carboxylic acid groups (broad SMARTS) is 1. The number of aliphatic hydroxyl groups is 5. The van der Waals surface area contributed by atoms with Gasteiger partial charge in [-0.25, -0.2) is 4.79 Å². The van der Waals surface area contributed by atoms with Gasteiger partial charge in [-0.05, 0) is 24.8 Å². The Kier molecular flexibility index (Phi) is 11.8. The zero-order valence-electron chi connectivity index (χ0n) is 18.8. The minimum absolute atomic E-state index is 0.0258. The van der Waals surface area contributed by atoms with Gasteiger partial charge in [-0.1, -0.05) is 37.3 Å². The van der Waals surface area contributed by atoms with Gasteiger partial charge in [0.05, 0.1) is 6.61 Å². The number of aliphatic hydroxyl groups excluding tert-OH is 5. The molecule has 1 fully saturated rings. The molecule has 3 amide bonds. The third-order valence-corrected chi connectivity index (χ3v) is 5.51. The molecule has 0 aliphatic carbocycles. The van der Waals surface area contributed by atoms with Crippen LogP contribution in [0.2, 0.25) is 0 Å². The summed E-state index contributed by atoms with van der Waals surface area (Å²) in [5, 5.41) is 54.6. The molecule has 1 heterocycles. The highest BCUT2D eigenvalue weighted by Crippen LogP contribution is 2.36. The van der Waals surface area contributed by atoms with E-state index in [-0.39, 0.29) is 18.6 Å². The largest absolute Gasteiger partial charge is 0.481 e. The van der Waals surface area contributed by atoms with Crippen molar-refractivity contribution in [3.05, 3.63) is 35.9 Å². The van der Waals surface area contributed by atoms with Gasteiger partial charge in [0.15, 0.2) is 6.29 Å². The van der Waals surface area contributed by atoms with Gasteiger partial charge in [-0.15, -0.1) is 0 Å². The number of amides is 3. The Morgan fingerprint density at radius 1 is 1.09 bits per heavy atom. The van der Waals surface area contributed by atoms with E-state index in [4.69, 9.17) is 30.6 Å². The number of urea groups is 1. The summed E-state index contributed by atoms with van der Waals surface area (Å²) in [5.74, 6) is -1.17. The monoisotopic (exact) mass is 484 g/mol. The lowest BCUT2D eigenvalue weighted by molar-refractivity contribution is -0.137. The standard InChI is InChI=1S/C16H20N2O4.C6H12O6/c1-2-16(12-8-4-3-5-9-12)14(21)17-15(22)18(16)11-7-6-10-13(19)20;7-1-3(9)5(11)6(12)4(10)2-8/h3-5,8-9H,2,6-7,10-11H2,1H3,(H,19,20)(H,17,21,22);1,3-6,8-12H,2H2/t;3-,4+,5+,6+/m.0/s1. The van der Waals surface area contributed by atoms with Crippen molar-refractivity contribution in [3.8, 4) is 0 Å². The molecule has 5 atom stereocenters. The minimum atomic E-state index is -1.79.